The van der Waals surface area contributed by atoms with Crippen molar-refractivity contribution in [1.29, 1.82) is 0 Å². The van der Waals surface area contributed by atoms with E-state index in [1.165, 1.54) is 50.3 Å². The number of fused-ring (bicyclic) bond motifs is 3. The van der Waals surface area contributed by atoms with Crippen LogP contribution in [0.25, 0.3) is 11.1 Å². The van der Waals surface area contributed by atoms with Crippen LogP contribution in [-0.4, -0.2) is 0 Å². The largest absolute Gasteiger partial charge is 0.331 e. The Morgan fingerprint density at radius 1 is 0.629 bits per heavy atom. The number of anilines is 2. The third-order valence-corrected chi connectivity index (χ3v) is 8.30. The zero-order valence-corrected chi connectivity index (χ0v) is 22.0. The molecule has 0 amide bonds. The van der Waals surface area contributed by atoms with Crippen molar-refractivity contribution >= 4 is 11.4 Å². The average Bonchev–Trinajstić information content (AvgIpc) is 3.11. The van der Waals surface area contributed by atoms with Gasteiger partial charge in [-0.25, -0.2) is 0 Å². The number of rotatable bonds is 6. The van der Waals surface area contributed by atoms with Gasteiger partial charge in [0, 0.05) is 16.8 Å². The van der Waals surface area contributed by atoms with Crippen LogP contribution in [-0.2, 0) is 11.0 Å². The fourth-order valence-electron chi connectivity index (χ4n) is 6.13. The van der Waals surface area contributed by atoms with Gasteiger partial charge in [-0.15, -0.1) is 0 Å². The Labute approximate surface area is 211 Å². The first-order chi connectivity index (χ1) is 16.8. The highest BCUT2D eigenvalue weighted by atomic mass is 15.2. The lowest BCUT2D eigenvalue weighted by molar-refractivity contribution is 0.403. The molecule has 0 spiro atoms. The van der Waals surface area contributed by atoms with Crippen molar-refractivity contribution in [2.75, 3.05) is 4.90 Å². The molecule has 5 rings (SSSR count). The first-order valence-electron chi connectivity index (χ1n) is 13.0. The van der Waals surface area contributed by atoms with E-state index in [9.17, 15) is 0 Å². The van der Waals surface area contributed by atoms with E-state index in [2.05, 4.69) is 137 Å². The summed E-state index contributed by atoms with van der Waals surface area (Å²) in [6, 6.07) is 34.2. The first kappa shape index (κ1) is 23.4. The number of aryl methyl sites for hydroxylation is 2. The second-order valence-electron chi connectivity index (χ2n) is 10.7. The lowest BCUT2D eigenvalue weighted by Crippen LogP contribution is -2.43. The summed E-state index contributed by atoms with van der Waals surface area (Å²) in [6.07, 6.45) is 2.02. The van der Waals surface area contributed by atoms with Crippen molar-refractivity contribution < 1.29 is 0 Å². The van der Waals surface area contributed by atoms with Gasteiger partial charge in [0.2, 0.25) is 0 Å². The molecule has 0 aromatic heterocycles. The molecule has 0 N–H and O–H groups in total. The molecule has 35 heavy (non-hydrogen) atoms. The fraction of sp³-hybridized carbons (Fsp3) is 0.294. The smallest absolute Gasteiger partial charge is 0.0697 e. The maximum Gasteiger partial charge on any atom is 0.0697 e. The molecule has 1 aliphatic rings. The predicted octanol–water partition coefficient (Wildman–Crippen LogP) is 9.46. The van der Waals surface area contributed by atoms with Gasteiger partial charge in [0.1, 0.15) is 0 Å². The molecular weight excluding hydrogens is 422 g/mol. The second-order valence-corrected chi connectivity index (χ2v) is 10.7. The lowest BCUT2D eigenvalue weighted by Gasteiger charge is -2.46. The van der Waals surface area contributed by atoms with Crippen molar-refractivity contribution in [2.24, 2.45) is 0 Å². The van der Waals surface area contributed by atoms with Gasteiger partial charge < -0.3 is 4.90 Å². The van der Waals surface area contributed by atoms with Crippen LogP contribution in [0.4, 0.5) is 11.4 Å². The quantitative estimate of drug-likeness (QED) is 0.277. The van der Waals surface area contributed by atoms with Crippen molar-refractivity contribution in [1.82, 2.24) is 0 Å². The summed E-state index contributed by atoms with van der Waals surface area (Å²) < 4.78 is 0. The third-order valence-electron chi connectivity index (χ3n) is 8.30. The number of nitrogens with zero attached hydrogens (tertiary/aromatic N) is 1. The molecule has 178 valence electrons. The predicted molar refractivity (Wildman–Crippen MR) is 151 cm³/mol. The highest BCUT2D eigenvalue weighted by Crippen LogP contribution is 2.51. The normalized spacial score (nSPS) is 13.9. The average molecular weight is 460 g/mol. The van der Waals surface area contributed by atoms with Crippen LogP contribution in [0.1, 0.15) is 68.4 Å². The van der Waals surface area contributed by atoms with E-state index in [1.54, 1.807) is 0 Å². The van der Waals surface area contributed by atoms with E-state index in [4.69, 9.17) is 0 Å². The topological polar surface area (TPSA) is 3.24 Å². The molecule has 4 aromatic rings. The Morgan fingerprint density at radius 2 is 1.14 bits per heavy atom. The van der Waals surface area contributed by atoms with Crippen molar-refractivity contribution in [3.8, 4) is 11.1 Å². The first-order valence-corrected chi connectivity index (χ1v) is 13.0. The zero-order chi connectivity index (χ0) is 24.8. The van der Waals surface area contributed by atoms with E-state index in [0.29, 0.717) is 0 Å². The van der Waals surface area contributed by atoms with Gasteiger partial charge in [-0.05, 0) is 78.8 Å². The summed E-state index contributed by atoms with van der Waals surface area (Å²) in [4.78, 5) is 2.59. The van der Waals surface area contributed by atoms with Crippen molar-refractivity contribution in [2.45, 2.75) is 65.3 Å². The van der Waals surface area contributed by atoms with Gasteiger partial charge in [0.15, 0.2) is 0 Å². The molecule has 1 aliphatic carbocycles. The van der Waals surface area contributed by atoms with E-state index >= 15 is 0 Å². The minimum absolute atomic E-state index is 0.00624. The monoisotopic (exact) mass is 459 g/mol. The maximum absolute atomic E-state index is 2.59. The molecular formula is C34H37N. The van der Waals surface area contributed by atoms with Crippen molar-refractivity contribution in [3.05, 3.63) is 119 Å². The van der Waals surface area contributed by atoms with Crippen LogP contribution in [0.5, 0.6) is 0 Å². The summed E-state index contributed by atoms with van der Waals surface area (Å²) in [5.74, 6) is 0. The molecule has 1 nitrogen and oxygen atoms in total. The lowest BCUT2D eigenvalue weighted by atomic mass is 9.77. The SMILES string of the molecule is CCC(CC)(c1ccc2c(c1)C(C)(C)c1ccccc1-2)N(c1ccc(C)cc1)c1ccc(C)cc1. The van der Waals surface area contributed by atoms with Crippen LogP contribution in [0.2, 0.25) is 0 Å². The Bertz CT molecular complexity index is 1290. The third kappa shape index (κ3) is 3.69. The van der Waals surface area contributed by atoms with Gasteiger partial charge in [-0.1, -0.05) is 106 Å². The minimum Gasteiger partial charge on any atom is -0.331 e. The van der Waals surface area contributed by atoms with Gasteiger partial charge in [-0.3, -0.25) is 0 Å². The van der Waals surface area contributed by atoms with E-state index in [1.807, 2.05) is 0 Å². The summed E-state index contributed by atoms with van der Waals surface area (Å²) in [7, 11) is 0. The van der Waals surface area contributed by atoms with E-state index in [0.717, 1.165) is 12.8 Å². The van der Waals surface area contributed by atoms with Gasteiger partial charge in [0.25, 0.3) is 0 Å². The summed E-state index contributed by atoms with van der Waals surface area (Å²) >= 11 is 0. The molecule has 0 heterocycles. The summed E-state index contributed by atoms with van der Waals surface area (Å²) in [6.45, 7) is 13.7. The molecule has 0 bridgehead atoms. The highest BCUT2D eigenvalue weighted by Gasteiger charge is 2.40. The number of benzene rings is 4. The van der Waals surface area contributed by atoms with Gasteiger partial charge in [0.05, 0.1) is 5.54 Å². The van der Waals surface area contributed by atoms with Crippen LogP contribution in [0.15, 0.2) is 91.0 Å². The number of hydrogen-bond acceptors (Lipinski definition) is 1. The Balaban J connectivity index is 1.73. The molecule has 1 heteroatoms. The Kier molecular flexibility index (Phi) is 5.83. The van der Waals surface area contributed by atoms with Crippen LogP contribution in [0, 0.1) is 13.8 Å². The van der Waals surface area contributed by atoms with Crippen LogP contribution < -0.4 is 4.90 Å². The Morgan fingerprint density at radius 3 is 1.69 bits per heavy atom. The molecule has 4 aromatic carbocycles. The Hall–Kier alpha value is -3.32. The molecule has 0 unspecified atom stereocenters. The van der Waals surface area contributed by atoms with E-state index in [-0.39, 0.29) is 11.0 Å². The second kappa shape index (κ2) is 8.72. The fourth-order valence-corrected chi connectivity index (χ4v) is 6.13. The highest BCUT2D eigenvalue weighted by molar-refractivity contribution is 5.81. The van der Waals surface area contributed by atoms with Crippen LogP contribution in [0.3, 0.4) is 0 Å². The van der Waals surface area contributed by atoms with Gasteiger partial charge >= 0.3 is 0 Å². The minimum atomic E-state index is -0.162. The summed E-state index contributed by atoms with van der Waals surface area (Å²) in [5, 5.41) is 0. The van der Waals surface area contributed by atoms with Crippen LogP contribution >= 0.6 is 0 Å². The molecule has 0 fully saturated rings. The number of hydrogen-bond donors (Lipinski definition) is 0. The van der Waals surface area contributed by atoms with E-state index < -0.39 is 0 Å². The molecule has 0 saturated carbocycles. The molecule has 0 radical (unpaired) electrons. The van der Waals surface area contributed by atoms with Gasteiger partial charge in [-0.2, -0.15) is 0 Å². The molecule has 0 atom stereocenters. The molecule has 0 aliphatic heterocycles. The zero-order valence-electron chi connectivity index (χ0n) is 22.0. The summed E-state index contributed by atoms with van der Waals surface area (Å²) in [5.41, 5.74) is 11.9. The standard InChI is InChI=1S/C34H37N/c1-7-34(8-2,35(27-18-13-24(3)14-19-27)28-20-15-25(4)16-21-28)26-17-22-30-29-11-9-10-12-31(29)33(5,6)32(30)23-26/h9-23H,7-8H2,1-6H3. The maximum atomic E-state index is 2.59. The van der Waals surface area contributed by atoms with Crippen molar-refractivity contribution in [3.63, 3.8) is 0 Å². The molecule has 0 saturated heterocycles.